The predicted molar refractivity (Wildman–Crippen MR) is 76.7 cm³/mol. The summed E-state index contributed by atoms with van der Waals surface area (Å²) in [6, 6.07) is 6.27. The molecule has 0 unspecified atom stereocenters. The molecular weight excluding hydrogens is 282 g/mol. The molecule has 1 fully saturated rings. The van der Waals surface area contributed by atoms with Gasteiger partial charge >= 0.3 is 0 Å². The number of thioether (sulfide) groups is 1. The minimum atomic E-state index is 0.846. The Morgan fingerprint density at radius 3 is 2.75 bits per heavy atom. The summed E-state index contributed by atoms with van der Waals surface area (Å²) in [5.41, 5.74) is 8.04. The molecule has 0 amide bonds. The summed E-state index contributed by atoms with van der Waals surface area (Å²) in [4.78, 5) is 0. The minimum Gasteiger partial charge on any atom is -0.398 e. The molecule has 2 N–H and O–H groups in total. The molecule has 0 aromatic heterocycles. The van der Waals surface area contributed by atoms with Gasteiger partial charge in [-0.15, -0.1) is 0 Å². The van der Waals surface area contributed by atoms with Crippen LogP contribution in [0.5, 0.6) is 0 Å². The van der Waals surface area contributed by atoms with E-state index >= 15 is 0 Å². The molecule has 2 rings (SSSR count). The molecule has 0 atom stereocenters. The number of hydrogen-bond acceptors (Lipinski definition) is 2. The lowest BCUT2D eigenvalue weighted by Crippen LogP contribution is -1.97. The van der Waals surface area contributed by atoms with Gasteiger partial charge in [-0.05, 0) is 58.1 Å². The molecule has 1 aliphatic carbocycles. The first-order chi connectivity index (χ1) is 7.75. The van der Waals surface area contributed by atoms with Crippen molar-refractivity contribution >= 4 is 33.4 Å². The van der Waals surface area contributed by atoms with E-state index in [9.17, 15) is 0 Å². The Balaban J connectivity index is 1.78. The van der Waals surface area contributed by atoms with E-state index in [0.717, 1.165) is 21.8 Å². The summed E-state index contributed by atoms with van der Waals surface area (Å²) in [7, 11) is 0. The van der Waals surface area contributed by atoms with Gasteiger partial charge in [0.05, 0.1) is 0 Å². The molecule has 1 saturated carbocycles. The van der Waals surface area contributed by atoms with Gasteiger partial charge in [0, 0.05) is 15.9 Å². The smallest absolute Gasteiger partial charge is 0.0461 e. The van der Waals surface area contributed by atoms with Crippen LogP contribution in [0.2, 0.25) is 0 Å². The maximum absolute atomic E-state index is 5.86. The molecule has 1 nitrogen and oxygen atoms in total. The Morgan fingerprint density at radius 1 is 1.31 bits per heavy atom. The highest BCUT2D eigenvalue weighted by Crippen LogP contribution is 2.29. The lowest BCUT2D eigenvalue weighted by molar-refractivity contribution is 0.623. The van der Waals surface area contributed by atoms with Gasteiger partial charge in [0.2, 0.25) is 0 Å². The van der Waals surface area contributed by atoms with Crippen LogP contribution in [0, 0.1) is 5.92 Å². The van der Waals surface area contributed by atoms with Crippen molar-refractivity contribution in [3.05, 3.63) is 28.2 Å². The normalized spacial score (nSPS) is 16.8. The fraction of sp³-hybridized carbons (Fsp3) is 0.538. The van der Waals surface area contributed by atoms with Crippen molar-refractivity contribution in [2.24, 2.45) is 5.92 Å². The van der Waals surface area contributed by atoms with Gasteiger partial charge in [0.25, 0.3) is 0 Å². The number of rotatable bonds is 4. The Bertz CT molecular complexity index is 348. The average molecular weight is 300 g/mol. The van der Waals surface area contributed by atoms with Crippen LogP contribution >= 0.6 is 27.7 Å². The molecule has 1 aromatic carbocycles. The summed E-state index contributed by atoms with van der Waals surface area (Å²) in [5.74, 6) is 3.38. The Morgan fingerprint density at radius 2 is 2.06 bits per heavy atom. The third-order valence-corrected chi connectivity index (χ3v) is 5.12. The first kappa shape index (κ1) is 12.3. The first-order valence-corrected chi connectivity index (χ1v) is 7.82. The zero-order chi connectivity index (χ0) is 11.4. The molecule has 0 spiro atoms. The van der Waals surface area contributed by atoms with Crippen molar-refractivity contribution in [2.45, 2.75) is 31.4 Å². The van der Waals surface area contributed by atoms with Crippen LogP contribution in [-0.4, -0.2) is 5.75 Å². The molecule has 0 radical (unpaired) electrons. The summed E-state index contributed by atoms with van der Waals surface area (Å²) < 4.78 is 0.997. The number of halogens is 1. The summed E-state index contributed by atoms with van der Waals surface area (Å²) in [6.07, 6.45) is 5.76. The van der Waals surface area contributed by atoms with Gasteiger partial charge in [-0.1, -0.05) is 18.9 Å². The number of hydrogen-bond donors (Lipinski definition) is 1. The van der Waals surface area contributed by atoms with Gasteiger partial charge in [-0.25, -0.2) is 0 Å². The lowest BCUT2D eigenvalue weighted by Gasteiger charge is -2.08. The van der Waals surface area contributed by atoms with Gasteiger partial charge in [-0.3, -0.25) is 0 Å². The molecule has 1 aromatic rings. The van der Waals surface area contributed by atoms with Crippen molar-refractivity contribution in [3.63, 3.8) is 0 Å². The van der Waals surface area contributed by atoms with Crippen LogP contribution < -0.4 is 5.73 Å². The maximum Gasteiger partial charge on any atom is 0.0461 e. The van der Waals surface area contributed by atoms with Crippen molar-refractivity contribution in [2.75, 3.05) is 11.5 Å². The van der Waals surface area contributed by atoms with Crippen LogP contribution in [0.3, 0.4) is 0 Å². The maximum atomic E-state index is 5.86. The number of benzene rings is 1. The fourth-order valence-electron chi connectivity index (χ4n) is 2.20. The van der Waals surface area contributed by atoms with Crippen LogP contribution in [0.15, 0.2) is 22.7 Å². The van der Waals surface area contributed by atoms with Crippen molar-refractivity contribution in [3.8, 4) is 0 Å². The van der Waals surface area contributed by atoms with Gasteiger partial charge in [-0.2, -0.15) is 11.8 Å². The van der Waals surface area contributed by atoms with Crippen LogP contribution in [0.1, 0.15) is 31.2 Å². The molecule has 0 saturated heterocycles. The molecule has 0 aliphatic heterocycles. The molecule has 0 heterocycles. The van der Waals surface area contributed by atoms with Gasteiger partial charge in [0.15, 0.2) is 0 Å². The highest BCUT2D eigenvalue weighted by Gasteiger charge is 2.14. The number of anilines is 1. The molecule has 1 aliphatic rings. The topological polar surface area (TPSA) is 26.0 Å². The van der Waals surface area contributed by atoms with E-state index in [4.69, 9.17) is 5.73 Å². The molecule has 3 heteroatoms. The van der Waals surface area contributed by atoms with Crippen molar-refractivity contribution in [1.29, 1.82) is 0 Å². The second kappa shape index (κ2) is 5.97. The monoisotopic (exact) mass is 299 g/mol. The van der Waals surface area contributed by atoms with Crippen molar-refractivity contribution in [1.82, 2.24) is 0 Å². The Hall–Kier alpha value is -0.150. The van der Waals surface area contributed by atoms with E-state index in [1.54, 1.807) is 0 Å². The highest BCUT2D eigenvalue weighted by atomic mass is 79.9. The third kappa shape index (κ3) is 3.42. The van der Waals surface area contributed by atoms with Crippen LogP contribution in [0.25, 0.3) is 0 Å². The summed E-state index contributed by atoms with van der Waals surface area (Å²) in [5, 5.41) is 0. The quantitative estimate of drug-likeness (QED) is 0.831. The van der Waals surface area contributed by atoms with Crippen LogP contribution in [-0.2, 0) is 5.75 Å². The van der Waals surface area contributed by atoms with E-state index in [2.05, 4.69) is 28.1 Å². The number of nitrogen functional groups attached to an aromatic ring is 1. The van der Waals surface area contributed by atoms with E-state index in [-0.39, 0.29) is 0 Å². The minimum absolute atomic E-state index is 0.846. The Labute approximate surface area is 110 Å². The third-order valence-electron chi connectivity index (χ3n) is 3.16. The van der Waals surface area contributed by atoms with Crippen molar-refractivity contribution < 1.29 is 0 Å². The second-order valence-corrected chi connectivity index (χ2v) is 6.41. The molecule has 16 heavy (non-hydrogen) atoms. The van der Waals surface area contributed by atoms with E-state index in [1.165, 1.54) is 37.0 Å². The van der Waals surface area contributed by atoms with E-state index < -0.39 is 0 Å². The van der Waals surface area contributed by atoms with E-state index in [1.807, 2.05) is 17.8 Å². The second-order valence-electron chi connectivity index (χ2n) is 4.52. The standard InChI is InChI=1S/C13H18BrNS/c14-12-6-5-11(7-13(12)15)9-16-8-10-3-1-2-4-10/h5-7,10H,1-4,8-9,15H2. The average Bonchev–Trinajstić information content (AvgIpc) is 2.76. The summed E-state index contributed by atoms with van der Waals surface area (Å²) in [6.45, 7) is 0. The first-order valence-electron chi connectivity index (χ1n) is 5.87. The number of nitrogens with two attached hydrogens (primary N) is 1. The zero-order valence-electron chi connectivity index (χ0n) is 9.42. The molecular formula is C13H18BrNS. The predicted octanol–water partition coefficient (Wildman–Crippen LogP) is 4.45. The largest absolute Gasteiger partial charge is 0.398 e. The van der Waals surface area contributed by atoms with Gasteiger partial charge in [0.1, 0.15) is 0 Å². The Kier molecular flexibility index (Phi) is 4.59. The molecule has 88 valence electrons. The highest BCUT2D eigenvalue weighted by molar-refractivity contribution is 9.10. The van der Waals surface area contributed by atoms with Gasteiger partial charge < -0.3 is 5.73 Å². The molecule has 0 bridgehead atoms. The lowest BCUT2D eigenvalue weighted by atomic mass is 10.1. The van der Waals surface area contributed by atoms with Crippen LogP contribution in [0.4, 0.5) is 5.69 Å². The zero-order valence-corrected chi connectivity index (χ0v) is 11.8. The summed E-state index contributed by atoms with van der Waals surface area (Å²) >= 11 is 5.47. The SMILES string of the molecule is Nc1cc(CSCC2CCCC2)ccc1Br. The fourth-order valence-corrected chi connectivity index (χ4v) is 3.65. The van der Waals surface area contributed by atoms with E-state index in [0.29, 0.717) is 0 Å².